The number of likely N-dealkylation sites (N-methyl/N-ethyl adjacent to an activating group) is 1. The predicted octanol–water partition coefficient (Wildman–Crippen LogP) is -0.0342. The molecule has 0 spiro atoms. The third-order valence-corrected chi connectivity index (χ3v) is 3.32. The first-order valence-electron chi connectivity index (χ1n) is 7.08. The van der Waals surface area contributed by atoms with Gasteiger partial charge in [-0.1, -0.05) is 18.2 Å². The second kappa shape index (κ2) is 7.32. The molecule has 8 nitrogen and oxygen atoms in total. The van der Waals surface area contributed by atoms with E-state index in [-0.39, 0.29) is 23.7 Å². The molecule has 124 valence electrons. The number of carbonyl (C=O) groups excluding carboxylic acids is 4. The minimum Gasteiger partial charge on any atom is -0.366 e. The molecule has 3 N–H and O–H groups in total. The highest BCUT2D eigenvalue weighted by molar-refractivity contribution is 6.07. The standard InChI is InChI=1S/C16H16N4O4/c1-20(16(24)10-6-7-13(21)18-8-10)9-14(22)19-12-5-3-2-4-11(12)15(17)23/h2-8,10H,9H2,1H3,(H2,17,23)(H,19,22). The van der Waals surface area contributed by atoms with Gasteiger partial charge < -0.3 is 16.0 Å². The van der Waals surface area contributed by atoms with Crippen LogP contribution in [0.2, 0.25) is 0 Å². The fraction of sp³-hybridized carbons (Fsp3) is 0.188. The summed E-state index contributed by atoms with van der Waals surface area (Å²) in [5.74, 6) is -2.63. The first kappa shape index (κ1) is 17.1. The van der Waals surface area contributed by atoms with Gasteiger partial charge in [-0.3, -0.25) is 19.2 Å². The Hall–Kier alpha value is -3.29. The zero-order valence-electron chi connectivity index (χ0n) is 12.9. The maximum absolute atomic E-state index is 12.2. The summed E-state index contributed by atoms with van der Waals surface area (Å²) in [7, 11) is 1.46. The number of nitrogens with one attached hydrogen (secondary N) is 1. The van der Waals surface area contributed by atoms with Crippen LogP contribution in [0, 0.1) is 5.92 Å². The minimum atomic E-state index is -0.682. The minimum absolute atomic E-state index is 0.181. The number of hydrogen-bond acceptors (Lipinski definition) is 4. The topological polar surface area (TPSA) is 122 Å². The normalized spacial score (nSPS) is 15.9. The zero-order valence-corrected chi connectivity index (χ0v) is 12.9. The molecule has 2 rings (SSSR count). The molecule has 1 atom stereocenters. The van der Waals surface area contributed by atoms with Crippen molar-refractivity contribution in [2.45, 2.75) is 0 Å². The Morgan fingerprint density at radius 1 is 1.29 bits per heavy atom. The molecule has 1 aromatic carbocycles. The molecule has 1 heterocycles. The van der Waals surface area contributed by atoms with Crippen LogP contribution in [-0.4, -0.2) is 48.3 Å². The van der Waals surface area contributed by atoms with Crippen LogP contribution in [-0.2, 0) is 14.4 Å². The van der Waals surface area contributed by atoms with Crippen LogP contribution in [0.5, 0.6) is 0 Å². The number of carbonyl (C=O) groups is 4. The molecule has 1 aliphatic rings. The van der Waals surface area contributed by atoms with Gasteiger partial charge in [0.2, 0.25) is 11.8 Å². The molecule has 0 saturated heterocycles. The van der Waals surface area contributed by atoms with Gasteiger partial charge in [0.1, 0.15) is 0 Å². The molecule has 0 fully saturated rings. The summed E-state index contributed by atoms with van der Waals surface area (Å²) in [5.41, 5.74) is 5.70. The van der Waals surface area contributed by atoms with Gasteiger partial charge in [0.05, 0.1) is 23.7 Å². The number of hydrogen-bond donors (Lipinski definition) is 2. The van der Waals surface area contributed by atoms with Crippen LogP contribution in [0.15, 0.2) is 41.4 Å². The second-order valence-corrected chi connectivity index (χ2v) is 5.15. The van der Waals surface area contributed by atoms with Crippen molar-refractivity contribution in [3.8, 4) is 0 Å². The van der Waals surface area contributed by atoms with Crippen molar-refractivity contribution in [2.75, 3.05) is 18.9 Å². The summed E-state index contributed by atoms with van der Waals surface area (Å²) in [6.07, 6.45) is 3.87. The highest BCUT2D eigenvalue weighted by Crippen LogP contribution is 2.14. The van der Waals surface area contributed by atoms with Gasteiger partial charge in [0, 0.05) is 19.3 Å². The zero-order chi connectivity index (χ0) is 17.7. The predicted molar refractivity (Wildman–Crippen MR) is 87.4 cm³/mol. The van der Waals surface area contributed by atoms with Crippen molar-refractivity contribution >= 4 is 35.5 Å². The first-order chi connectivity index (χ1) is 11.4. The van der Waals surface area contributed by atoms with Crippen LogP contribution in [0.3, 0.4) is 0 Å². The highest BCUT2D eigenvalue weighted by Gasteiger charge is 2.22. The summed E-state index contributed by atoms with van der Waals surface area (Å²) in [5, 5.41) is 2.55. The van der Waals surface area contributed by atoms with Gasteiger partial charge in [0.25, 0.3) is 11.8 Å². The van der Waals surface area contributed by atoms with Crippen LogP contribution in [0.4, 0.5) is 5.69 Å². The third-order valence-electron chi connectivity index (χ3n) is 3.32. The van der Waals surface area contributed by atoms with Crippen LogP contribution >= 0.6 is 0 Å². The lowest BCUT2D eigenvalue weighted by Gasteiger charge is -2.20. The number of dihydropyridines is 1. The van der Waals surface area contributed by atoms with Gasteiger partial charge in [-0.25, -0.2) is 4.99 Å². The molecule has 8 heteroatoms. The average molecular weight is 328 g/mol. The van der Waals surface area contributed by atoms with Crippen molar-refractivity contribution in [1.29, 1.82) is 0 Å². The lowest BCUT2D eigenvalue weighted by Crippen LogP contribution is -2.39. The number of aliphatic imine (C=N–C) groups is 1. The number of amides is 4. The van der Waals surface area contributed by atoms with Gasteiger partial charge in [-0.2, -0.15) is 0 Å². The maximum atomic E-state index is 12.2. The summed E-state index contributed by atoms with van der Waals surface area (Å²) >= 11 is 0. The Labute approximate surface area is 138 Å². The average Bonchev–Trinajstić information content (AvgIpc) is 2.55. The quantitative estimate of drug-likeness (QED) is 0.787. The van der Waals surface area contributed by atoms with Crippen LogP contribution < -0.4 is 11.1 Å². The monoisotopic (exact) mass is 328 g/mol. The summed E-state index contributed by atoms with van der Waals surface area (Å²) in [6.45, 7) is -0.224. The van der Waals surface area contributed by atoms with Crippen molar-refractivity contribution in [3.63, 3.8) is 0 Å². The largest absolute Gasteiger partial charge is 0.366 e. The van der Waals surface area contributed by atoms with Gasteiger partial charge >= 0.3 is 0 Å². The molecule has 1 aliphatic heterocycles. The molecular formula is C16H16N4O4. The number of para-hydroxylation sites is 1. The summed E-state index contributed by atoms with van der Waals surface area (Å²) in [4.78, 5) is 51.3. The lowest BCUT2D eigenvalue weighted by atomic mass is 10.1. The third kappa shape index (κ3) is 4.13. The fourth-order valence-corrected chi connectivity index (χ4v) is 2.12. The number of rotatable bonds is 5. The molecule has 1 aromatic rings. The van der Waals surface area contributed by atoms with Crippen molar-refractivity contribution in [3.05, 3.63) is 42.0 Å². The fourth-order valence-electron chi connectivity index (χ4n) is 2.12. The molecule has 0 aliphatic carbocycles. The van der Waals surface area contributed by atoms with Crippen molar-refractivity contribution < 1.29 is 19.2 Å². The number of anilines is 1. The van der Waals surface area contributed by atoms with Gasteiger partial charge in [0.15, 0.2) is 0 Å². The Balaban J connectivity index is 1.98. The van der Waals surface area contributed by atoms with Crippen molar-refractivity contribution in [1.82, 2.24) is 4.90 Å². The van der Waals surface area contributed by atoms with Crippen LogP contribution in [0.1, 0.15) is 10.4 Å². The van der Waals surface area contributed by atoms with Gasteiger partial charge in [-0.05, 0) is 12.1 Å². The Bertz CT molecular complexity index is 738. The van der Waals surface area contributed by atoms with E-state index in [4.69, 9.17) is 5.73 Å². The Kier molecular flexibility index (Phi) is 5.20. The number of nitrogens with zero attached hydrogens (tertiary/aromatic N) is 2. The van der Waals surface area contributed by atoms with E-state index in [0.717, 1.165) is 0 Å². The SMILES string of the molecule is CN(CC(=O)Nc1ccccc1C(N)=O)C(=O)C1C=CC(=O)N=C1. The van der Waals surface area contributed by atoms with E-state index in [1.165, 1.54) is 36.4 Å². The maximum Gasteiger partial charge on any atom is 0.269 e. The molecule has 0 radical (unpaired) electrons. The smallest absolute Gasteiger partial charge is 0.269 e. The highest BCUT2D eigenvalue weighted by atomic mass is 16.2. The van der Waals surface area contributed by atoms with E-state index in [1.54, 1.807) is 18.2 Å². The second-order valence-electron chi connectivity index (χ2n) is 5.15. The Morgan fingerprint density at radius 3 is 2.62 bits per heavy atom. The molecule has 0 saturated carbocycles. The van der Waals surface area contributed by atoms with E-state index in [2.05, 4.69) is 10.3 Å². The molecule has 0 bridgehead atoms. The number of benzene rings is 1. The molecule has 4 amide bonds. The Morgan fingerprint density at radius 2 is 2.00 bits per heavy atom. The number of primary amides is 1. The number of nitrogens with two attached hydrogens (primary N) is 1. The first-order valence-corrected chi connectivity index (χ1v) is 7.08. The van der Waals surface area contributed by atoms with Crippen molar-refractivity contribution in [2.24, 2.45) is 16.6 Å². The molecule has 1 unspecified atom stereocenters. The van der Waals surface area contributed by atoms with Gasteiger partial charge in [-0.15, -0.1) is 0 Å². The van der Waals surface area contributed by atoms with E-state index in [1.807, 2.05) is 0 Å². The summed E-state index contributed by atoms with van der Waals surface area (Å²) < 4.78 is 0. The van der Waals surface area contributed by atoms with E-state index in [9.17, 15) is 19.2 Å². The molecule has 24 heavy (non-hydrogen) atoms. The van der Waals surface area contributed by atoms with Crippen LogP contribution in [0.25, 0.3) is 0 Å². The van der Waals surface area contributed by atoms with E-state index in [0.29, 0.717) is 0 Å². The summed E-state index contributed by atoms with van der Waals surface area (Å²) in [6, 6.07) is 6.31. The molecule has 0 aromatic heterocycles. The lowest BCUT2D eigenvalue weighted by molar-refractivity contribution is -0.134. The van der Waals surface area contributed by atoms with E-state index < -0.39 is 23.6 Å². The van der Waals surface area contributed by atoms with E-state index >= 15 is 0 Å². The molecular weight excluding hydrogens is 312 g/mol.